The number of hydrogen-bond donors (Lipinski definition) is 0. The summed E-state index contributed by atoms with van der Waals surface area (Å²) >= 11 is 0. The number of carbonyl (C=O) groups is 3. The lowest BCUT2D eigenvalue weighted by molar-refractivity contribution is -0.119. The quantitative estimate of drug-likeness (QED) is 0.193. The summed E-state index contributed by atoms with van der Waals surface area (Å²) in [4.78, 5) is 42.1. The molecule has 0 aliphatic carbocycles. The summed E-state index contributed by atoms with van der Waals surface area (Å²) in [6.45, 7) is 0.280. The SMILES string of the molecule is O=C1c2ccccc2C(=O)N1CCCCN(C(=O)C(c1ccccc1)c1ccccc1)c1ccc(F)cc1F. The molecule has 0 radical (unpaired) electrons. The van der Waals surface area contributed by atoms with Crippen molar-refractivity contribution in [3.8, 4) is 0 Å². The maximum atomic E-state index is 15.0. The number of imide groups is 1. The standard InChI is InChI=1S/C32H26F2N2O3/c33-24-17-18-28(27(34)21-24)35(19-9-10-20-36-30(37)25-15-7-8-16-26(25)31(36)38)32(39)29(22-11-3-1-4-12-22)23-13-5-2-6-14-23/h1-8,11-18,21,29H,9-10,19-20H2. The number of benzene rings is 4. The van der Waals surface area contributed by atoms with Gasteiger partial charge >= 0.3 is 0 Å². The van der Waals surface area contributed by atoms with Crippen molar-refractivity contribution in [2.75, 3.05) is 18.0 Å². The van der Waals surface area contributed by atoms with E-state index in [0.717, 1.165) is 23.3 Å². The molecule has 0 aromatic heterocycles. The van der Waals surface area contributed by atoms with Crippen molar-refractivity contribution in [3.05, 3.63) is 137 Å². The molecule has 0 fully saturated rings. The van der Waals surface area contributed by atoms with E-state index in [1.54, 1.807) is 24.3 Å². The molecule has 1 aliphatic heterocycles. The first-order valence-corrected chi connectivity index (χ1v) is 12.8. The van der Waals surface area contributed by atoms with Crippen LogP contribution in [0.15, 0.2) is 103 Å². The third-order valence-electron chi connectivity index (χ3n) is 6.87. The van der Waals surface area contributed by atoms with E-state index in [2.05, 4.69) is 0 Å². The van der Waals surface area contributed by atoms with E-state index in [4.69, 9.17) is 0 Å². The van der Waals surface area contributed by atoms with Crippen LogP contribution >= 0.6 is 0 Å². The average Bonchev–Trinajstić information content (AvgIpc) is 3.20. The van der Waals surface area contributed by atoms with E-state index in [9.17, 15) is 18.8 Å². The van der Waals surface area contributed by atoms with Crippen LogP contribution in [0.5, 0.6) is 0 Å². The highest BCUT2D eigenvalue weighted by Crippen LogP contribution is 2.31. The first-order valence-electron chi connectivity index (χ1n) is 12.8. The summed E-state index contributed by atoms with van der Waals surface area (Å²) in [6.07, 6.45) is 0.783. The highest BCUT2D eigenvalue weighted by atomic mass is 19.1. The molecule has 1 heterocycles. The molecule has 0 saturated heterocycles. The lowest BCUT2D eigenvalue weighted by Crippen LogP contribution is -2.38. The molecule has 0 bridgehead atoms. The smallest absolute Gasteiger partial charge is 0.261 e. The van der Waals surface area contributed by atoms with Gasteiger partial charge < -0.3 is 4.90 Å². The van der Waals surface area contributed by atoms with E-state index >= 15 is 4.39 Å². The van der Waals surface area contributed by atoms with Crippen LogP contribution in [0.1, 0.15) is 50.6 Å². The summed E-state index contributed by atoms with van der Waals surface area (Å²) in [5.41, 5.74) is 2.21. The maximum Gasteiger partial charge on any atom is 0.261 e. The zero-order chi connectivity index (χ0) is 27.4. The largest absolute Gasteiger partial charge is 0.309 e. The number of rotatable bonds is 9. The fraction of sp³-hybridized carbons (Fsp3) is 0.156. The third kappa shape index (κ3) is 5.34. The maximum absolute atomic E-state index is 15.0. The van der Waals surface area contributed by atoms with Crippen molar-refractivity contribution >= 4 is 23.4 Å². The molecule has 39 heavy (non-hydrogen) atoms. The molecule has 4 aromatic carbocycles. The molecule has 1 aliphatic rings. The topological polar surface area (TPSA) is 57.7 Å². The van der Waals surface area contributed by atoms with Crippen molar-refractivity contribution in [1.29, 1.82) is 0 Å². The Bertz CT molecular complexity index is 1430. The Morgan fingerprint density at radius 3 is 1.79 bits per heavy atom. The van der Waals surface area contributed by atoms with Gasteiger partial charge in [0.2, 0.25) is 5.91 Å². The van der Waals surface area contributed by atoms with Gasteiger partial charge in [-0.25, -0.2) is 8.78 Å². The molecular weight excluding hydrogens is 498 g/mol. The Hall–Kier alpha value is -4.65. The molecule has 4 aromatic rings. The average molecular weight is 525 g/mol. The minimum absolute atomic E-state index is 0.0287. The number of halogens is 2. The lowest BCUT2D eigenvalue weighted by atomic mass is 9.89. The fourth-order valence-electron chi connectivity index (χ4n) is 4.96. The molecule has 7 heteroatoms. The third-order valence-corrected chi connectivity index (χ3v) is 6.87. The molecule has 0 spiro atoms. The van der Waals surface area contributed by atoms with Gasteiger partial charge in [-0.05, 0) is 48.2 Å². The first-order chi connectivity index (χ1) is 19.0. The minimum Gasteiger partial charge on any atom is -0.309 e. The monoisotopic (exact) mass is 524 g/mol. The van der Waals surface area contributed by atoms with Crippen LogP contribution in [0.25, 0.3) is 0 Å². The summed E-state index contributed by atoms with van der Waals surface area (Å²) in [5, 5.41) is 0. The van der Waals surface area contributed by atoms with Gasteiger partial charge in [0.25, 0.3) is 11.8 Å². The van der Waals surface area contributed by atoms with Crippen LogP contribution < -0.4 is 4.90 Å². The van der Waals surface area contributed by atoms with Crippen LogP contribution in [-0.4, -0.2) is 35.7 Å². The molecule has 0 saturated carbocycles. The number of carbonyl (C=O) groups excluding carboxylic acids is 3. The van der Waals surface area contributed by atoms with Gasteiger partial charge in [-0.15, -0.1) is 0 Å². The molecule has 5 nitrogen and oxygen atoms in total. The molecule has 196 valence electrons. The Balaban J connectivity index is 1.39. The van der Waals surface area contributed by atoms with Crippen molar-refractivity contribution in [2.45, 2.75) is 18.8 Å². The van der Waals surface area contributed by atoms with Crippen LogP contribution in [0, 0.1) is 11.6 Å². The number of amides is 3. The van der Waals surface area contributed by atoms with Crippen molar-refractivity contribution < 1.29 is 23.2 Å². The second-order valence-electron chi connectivity index (χ2n) is 9.35. The summed E-state index contributed by atoms with van der Waals surface area (Å²) in [7, 11) is 0. The van der Waals surface area contributed by atoms with Crippen molar-refractivity contribution in [3.63, 3.8) is 0 Å². The van der Waals surface area contributed by atoms with E-state index in [-0.39, 0.29) is 36.5 Å². The van der Waals surface area contributed by atoms with E-state index < -0.39 is 17.6 Å². The van der Waals surface area contributed by atoms with Crippen molar-refractivity contribution in [2.24, 2.45) is 0 Å². The van der Waals surface area contributed by atoms with E-state index in [0.29, 0.717) is 24.0 Å². The highest BCUT2D eigenvalue weighted by molar-refractivity contribution is 6.21. The Morgan fingerprint density at radius 1 is 0.718 bits per heavy atom. The summed E-state index contributed by atoms with van der Waals surface area (Å²) < 4.78 is 28.8. The van der Waals surface area contributed by atoms with Crippen molar-refractivity contribution in [1.82, 2.24) is 4.90 Å². The zero-order valence-corrected chi connectivity index (χ0v) is 21.1. The van der Waals surface area contributed by atoms with Gasteiger partial charge in [-0.1, -0.05) is 72.8 Å². The number of fused-ring (bicyclic) bond motifs is 1. The Morgan fingerprint density at radius 2 is 1.26 bits per heavy atom. The minimum atomic E-state index is -0.844. The van der Waals surface area contributed by atoms with Crippen LogP contribution in [0.3, 0.4) is 0 Å². The Labute approximate surface area is 225 Å². The number of hydrogen-bond acceptors (Lipinski definition) is 3. The van der Waals surface area contributed by atoms with Gasteiger partial charge in [0.05, 0.1) is 22.7 Å². The summed E-state index contributed by atoms with van der Waals surface area (Å²) in [6, 6.07) is 28.3. The molecule has 3 amide bonds. The van der Waals surface area contributed by atoms with Gasteiger partial charge in [-0.2, -0.15) is 0 Å². The van der Waals surface area contributed by atoms with Crippen LogP contribution in [0.2, 0.25) is 0 Å². The van der Waals surface area contributed by atoms with Gasteiger partial charge in [0.15, 0.2) is 0 Å². The molecule has 5 rings (SSSR count). The fourth-order valence-corrected chi connectivity index (χ4v) is 4.96. The van der Waals surface area contributed by atoms with Crippen LogP contribution in [-0.2, 0) is 4.79 Å². The second kappa shape index (κ2) is 11.4. The number of unbranched alkanes of at least 4 members (excludes halogenated alkanes) is 1. The Kier molecular flexibility index (Phi) is 7.59. The number of anilines is 1. The highest BCUT2D eigenvalue weighted by Gasteiger charge is 2.35. The molecular formula is C32H26F2N2O3. The van der Waals surface area contributed by atoms with Gasteiger partial charge in [0, 0.05) is 19.2 Å². The molecule has 0 N–H and O–H groups in total. The zero-order valence-electron chi connectivity index (χ0n) is 21.1. The predicted octanol–water partition coefficient (Wildman–Crippen LogP) is 6.21. The van der Waals surface area contributed by atoms with Gasteiger partial charge in [0.1, 0.15) is 11.6 Å². The number of nitrogens with zero attached hydrogens (tertiary/aromatic N) is 2. The normalized spacial score (nSPS) is 12.6. The predicted molar refractivity (Wildman–Crippen MR) is 144 cm³/mol. The first kappa shape index (κ1) is 26.0. The van der Waals surface area contributed by atoms with E-state index in [1.165, 1.54) is 15.9 Å². The lowest BCUT2D eigenvalue weighted by Gasteiger charge is -2.29. The molecule has 0 atom stereocenters. The van der Waals surface area contributed by atoms with Crippen LogP contribution in [0.4, 0.5) is 14.5 Å². The second-order valence-corrected chi connectivity index (χ2v) is 9.35. The molecule has 0 unspecified atom stereocenters. The van der Waals surface area contributed by atoms with E-state index in [1.807, 2.05) is 60.7 Å². The summed E-state index contributed by atoms with van der Waals surface area (Å²) in [5.74, 6) is -3.35. The van der Waals surface area contributed by atoms with Gasteiger partial charge in [-0.3, -0.25) is 19.3 Å².